The Morgan fingerprint density at radius 1 is 1.46 bits per heavy atom. The molecule has 13 heavy (non-hydrogen) atoms. The maximum atomic E-state index is 12.9. The van der Waals surface area contributed by atoms with Crippen LogP contribution in [0.4, 0.5) is 4.39 Å². The molecule has 1 rings (SSSR count). The molecule has 2 N–H and O–H groups in total. The fourth-order valence-electron chi connectivity index (χ4n) is 0.886. The van der Waals surface area contributed by atoms with Crippen LogP contribution in [-0.2, 0) is 10.7 Å². The van der Waals surface area contributed by atoms with Gasteiger partial charge in [0.2, 0.25) is 0 Å². The summed E-state index contributed by atoms with van der Waals surface area (Å²) in [5, 5.41) is 0.254. The Bertz CT molecular complexity index is 363. The summed E-state index contributed by atoms with van der Waals surface area (Å²) in [4.78, 5) is 17.2. The van der Waals surface area contributed by atoms with Gasteiger partial charge in [-0.15, -0.1) is 0 Å². The third kappa shape index (κ3) is 3.44. The van der Waals surface area contributed by atoms with Gasteiger partial charge in [-0.2, -0.15) is 0 Å². The second-order valence-corrected chi connectivity index (χ2v) is 4.64. The third-order valence-corrected chi connectivity index (χ3v) is 2.37. The van der Waals surface area contributed by atoms with Crippen LogP contribution in [0.15, 0.2) is 18.2 Å². The van der Waals surface area contributed by atoms with Gasteiger partial charge in [-0.25, -0.2) is 4.39 Å². The first-order chi connectivity index (χ1) is 5.88. The Labute approximate surface area is 79.3 Å². The molecule has 0 aliphatic carbocycles. The smallest absolute Gasteiger partial charge is 0.324 e. The van der Waals surface area contributed by atoms with Crippen molar-refractivity contribution in [2.45, 2.75) is 6.16 Å². The van der Waals surface area contributed by atoms with E-state index in [0.29, 0.717) is 0 Å². The molecule has 0 radical (unpaired) electrons. The van der Waals surface area contributed by atoms with E-state index < -0.39 is 19.6 Å². The molecule has 0 unspecified atom stereocenters. The van der Waals surface area contributed by atoms with E-state index in [4.69, 9.17) is 21.4 Å². The standard InChI is InChI=1S/C7H7ClFO3P/c8-6-1-2-7(9)5(3-6)4-13(10,11)12/h1-3H,4H2,(H2,10,11,12). The lowest BCUT2D eigenvalue weighted by atomic mass is 10.2. The number of rotatable bonds is 2. The Morgan fingerprint density at radius 3 is 2.62 bits per heavy atom. The van der Waals surface area contributed by atoms with Crippen LogP contribution in [0.25, 0.3) is 0 Å². The van der Waals surface area contributed by atoms with Crippen LogP contribution in [0.3, 0.4) is 0 Å². The first kappa shape index (κ1) is 10.7. The minimum absolute atomic E-state index is 0.0687. The third-order valence-electron chi connectivity index (χ3n) is 1.38. The summed E-state index contributed by atoms with van der Waals surface area (Å²) >= 11 is 5.53. The van der Waals surface area contributed by atoms with Gasteiger partial charge >= 0.3 is 7.60 Å². The van der Waals surface area contributed by atoms with Crippen molar-refractivity contribution in [3.8, 4) is 0 Å². The van der Waals surface area contributed by atoms with Crippen molar-refractivity contribution in [2.24, 2.45) is 0 Å². The molecule has 0 spiro atoms. The van der Waals surface area contributed by atoms with Crippen LogP contribution in [0.1, 0.15) is 5.56 Å². The van der Waals surface area contributed by atoms with Crippen LogP contribution in [0, 0.1) is 5.82 Å². The van der Waals surface area contributed by atoms with Crippen LogP contribution in [0.2, 0.25) is 5.02 Å². The summed E-state index contributed by atoms with van der Waals surface area (Å²) in [6.45, 7) is 0. The Balaban J connectivity index is 3.01. The molecule has 0 amide bonds. The molecule has 0 bridgehead atoms. The van der Waals surface area contributed by atoms with Gasteiger partial charge in [0.15, 0.2) is 0 Å². The van der Waals surface area contributed by atoms with Gasteiger partial charge in [0, 0.05) is 10.6 Å². The monoisotopic (exact) mass is 224 g/mol. The van der Waals surface area contributed by atoms with E-state index in [0.717, 1.165) is 6.07 Å². The zero-order valence-electron chi connectivity index (χ0n) is 6.44. The van der Waals surface area contributed by atoms with Crippen molar-refractivity contribution in [3.05, 3.63) is 34.6 Å². The normalized spacial score (nSPS) is 11.7. The lowest BCUT2D eigenvalue weighted by molar-refractivity contribution is 0.370. The van der Waals surface area contributed by atoms with Crippen LogP contribution >= 0.6 is 19.2 Å². The predicted molar refractivity (Wildman–Crippen MR) is 47.2 cm³/mol. The van der Waals surface area contributed by atoms with Crippen molar-refractivity contribution in [3.63, 3.8) is 0 Å². The highest BCUT2D eigenvalue weighted by Crippen LogP contribution is 2.40. The van der Waals surface area contributed by atoms with Crippen molar-refractivity contribution < 1.29 is 18.7 Å². The highest BCUT2D eigenvalue weighted by molar-refractivity contribution is 7.50. The maximum Gasteiger partial charge on any atom is 0.330 e. The zero-order chi connectivity index (χ0) is 10.1. The molecule has 0 aliphatic rings. The highest BCUT2D eigenvalue weighted by Gasteiger charge is 2.16. The largest absolute Gasteiger partial charge is 0.330 e. The number of hydrogen-bond donors (Lipinski definition) is 2. The van der Waals surface area contributed by atoms with E-state index in [1.54, 1.807) is 0 Å². The van der Waals surface area contributed by atoms with Crippen LogP contribution in [0.5, 0.6) is 0 Å². The average Bonchev–Trinajstić information content (AvgIpc) is 1.94. The molecule has 0 saturated heterocycles. The molecule has 0 aromatic heterocycles. The van der Waals surface area contributed by atoms with E-state index in [1.165, 1.54) is 12.1 Å². The Morgan fingerprint density at radius 2 is 2.08 bits per heavy atom. The maximum absolute atomic E-state index is 12.9. The molecule has 0 heterocycles. The van der Waals surface area contributed by atoms with Crippen LogP contribution < -0.4 is 0 Å². The van der Waals surface area contributed by atoms with Crippen molar-refractivity contribution in [1.29, 1.82) is 0 Å². The molecule has 72 valence electrons. The predicted octanol–water partition coefficient (Wildman–Crippen LogP) is 2.16. The topological polar surface area (TPSA) is 57.5 Å². The number of benzene rings is 1. The Kier molecular flexibility index (Phi) is 3.09. The fourth-order valence-corrected chi connectivity index (χ4v) is 1.77. The SMILES string of the molecule is O=P(O)(O)Cc1cc(Cl)ccc1F. The first-order valence-corrected chi connectivity index (χ1v) is 5.54. The second-order valence-electron chi connectivity index (χ2n) is 2.56. The summed E-state index contributed by atoms with van der Waals surface area (Å²) in [6, 6.07) is 3.60. The second kappa shape index (κ2) is 3.76. The number of hydrogen-bond acceptors (Lipinski definition) is 1. The molecular weight excluding hydrogens is 217 g/mol. The minimum atomic E-state index is -4.23. The van der Waals surface area contributed by atoms with Crippen molar-refractivity contribution in [2.75, 3.05) is 0 Å². The molecule has 0 fully saturated rings. The lowest BCUT2D eigenvalue weighted by Gasteiger charge is -2.05. The lowest BCUT2D eigenvalue weighted by Crippen LogP contribution is -1.91. The van der Waals surface area contributed by atoms with E-state index in [-0.39, 0.29) is 10.6 Å². The van der Waals surface area contributed by atoms with Gasteiger partial charge in [0.05, 0.1) is 6.16 Å². The molecule has 1 aromatic rings. The summed E-state index contributed by atoms with van der Waals surface area (Å²) in [7, 11) is -4.23. The number of halogens is 2. The average molecular weight is 225 g/mol. The van der Waals surface area contributed by atoms with E-state index in [9.17, 15) is 8.96 Å². The molecule has 0 saturated carbocycles. The fraction of sp³-hybridized carbons (Fsp3) is 0.143. The van der Waals surface area contributed by atoms with Gasteiger partial charge in [-0.1, -0.05) is 11.6 Å². The molecule has 3 nitrogen and oxygen atoms in total. The highest BCUT2D eigenvalue weighted by atomic mass is 35.5. The Hall–Kier alpha value is -0.410. The van der Waals surface area contributed by atoms with Gasteiger partial charge in [-0.3, -0.25) is 4.57 Å². The van der Waals surface area contributed by atoms with E-state index in [1.807, 2.05) is 0 Å². The van der Waals surface area contributed by atoms with Crippen molar-refractivity contribution in [1.82, 2.24) is 0 Å². The van der Waals surface area contributed by atoms with E-state index >= 15 is 0 Å². The summed E-state index contributed by atoms with van der Waals surface area (Å²) in [6.07, 6.45) is -0.626. The van der Waals surface area contributed by atoms with Gasteiger partial charge in [-0.05, 0) is 18.2 Å². The summed E-state index contributed by atoms with van der Waals surface area (Å²) < 4.78 is 23.4. The molecule has 1 aromatic carbocycles. The van der Waals surface area contributed by atoms with Crippen molar-refractivity contribution >= 4 is 19.2 Å². The van der Waals surface area contributed by atoms with Gasteiger partial charge in [0.25, 0.3) is 0 Å². The zero-order valence-corrected chi connectivity index (χ0v) is 8.10. The molecule has 0 aliphatic heterocycles. The summed E-state index contributed by atoms with van der Waals surface area (Å²) in [5.41, 5.74) is -0.0687. The molecular formula is C7H7ClFO3P. The minimum Gasteiger partial charge on any atom is -0.324 e. The molecule has 6 heteroatoms. The first-order valence-electron chi connectivity index (χ1n) is 3.37. The molecule has 0 atom stereocenters. The quantitative estimate of drug-likeness (QED) is 0.757. The van der Waals surface area contributed by atoms with Gasteiger partial charge < -0.3 is 9.79 Å². The van der Waals surface area contributed by atoms with Crippen LogP contribution in [-0.4, -0.2) is 9.79 Å². The van der Waals surface area contributed by atoms with E-state index in [2.05, 4.69) is 0 Å². The van der Waals surface area contributed by atoms with Gasteiger partial charge in [0.1, 0.15) is 5.82 Å². The summed E-state index contributed by atoms with van der Waals surface area (Å²) in [5.74, 6) is -0.660.